The molecular formula is C37H39ClF3N3O5. The van der Waals surface area contributed by atoms with Gasteiger partial charge in [0.1, 0.15) is 29.1 Å². The topological polar surface area (TPSA) is 97.0 Å². The van der Waals surface area contributed by atoms with E-state index in [1.54, 1.807) is 70.2 Å². The van der Waals surface area contributed by atoms with E-state index in [0.29, 0.717) is 22.9 Å². The van der Waals surface area contributed by atoms with Crippen LogP contribution in [0.1, 0.15) is 50.8 Å². The number of carbonyl (C=O) groups is 3. The van der Waals surface area contributed by atoms with Gasteiger partial charge in [-0.05, 0) is 78.4 Å². The zero-order valence-electron chi connectivity index (χ0n) is 27.7. The highest BCUT2D eigenvalue weighted by atomic mass is 35.5. The summed E-state index contributed by atoms with van der Waals surface area (Å²) in [7, 11) is 0. The van der Waals surface area contributed by atoms with Gasteiger partial charge in [-0.15, -0.1) is 6.58 Å². The fourth-order valence-corrected chi connectivity index (χ4v) is 6.27. The Morgan fingerprint density at radius 3 is 2.39 bits per heavy atom. The molecule has 1 fully saturated rings. The number of nitrogens with zero attached hydrogens (tertiary/aromatic N) is 1. The van der Waals surface area contributed by atoms with Crippen molar-refractivity contribution in [2.24, 2.45) is 11.3 Å². The molecule has 2 N–H and O–H groups in total. The van der Waals surface area contributed by atoms with Gasteiger partial charge in [-0.3, -0.25) is 9.59 Å². The van der Waals surface area contributed by atoms with Gasteiger partial charge in [0, 0.05) is 29.6 Å². The van der Waals surface area contributed by atoms with Gasteiger partial charge in [0.25, 0.3) is 0 Å². The van der Waals surface area contributed by atoms with E-state index >= 15 is 0 Å². The van der Waals surface area contributed by atoms with Crippen LogP contribution in [0.25, 0.3) is 0 Å². The highest BCUT2D eigenvalue weighted by Gasteiger charge is 2.61. The summed E-state index contributed by atoms with van der Waals surface area (Å²) in [4.78, 5) is 43.2. The van der Waals surface area contributed by atoms with Crippen LogP contribution < -0.4 is 15.4 Å². The Hall–Kier alpha value is -4.51. The summed E-state index contributed by atoms with van der Waals surface area (Å²) < 4.78 is 51.9. The Morgan fingerprint density at radius 2 is 1.76 bits per heavy atom. The molecule has 260 valence electrons. The first-order valence-electron chi connectivity index (χ1n) is 16.0. The first-order valence-corrected chi connectivity index (χ1v) is 16.3. The van der Waals surface area contributed by atoms with Gasteiger partial charge in [0.2, 0.25) is 11.8 Å². The number of carbonyl (C=O) groups excluding carboxylic acids is 3. The zero-order valence-corrected chi connectivity index (χ0v) is 28.5. The minimum Gasteiger partial charge on any atom is -0.464 e. The van der Waals surface area contributed by atoms with Gasteiger partial charge in [-0.1, -0.05) is 56.6 Å². The van der Waals surface area contributed by atoms with E-state index in [4.69, 9.17) is 21.1 Å². The Bertz CT molecular complexity index is 1760. The summed E-state index contributed by atoms with van der Waals surface area (Å²) in [6.45, 7) is 11.0. The number of hydrogen-bond donors (Lipinski definition) is 2. The van der Waals surface area contributed by atoms with E-state index in [2.05, 4.69) is 17.2 Å². The van der Waals surface area contributed by atoms with Crippen LogP contribution in [0.2, 0.25) is 5.02 Å². The minimum absolute atomic E-state index is 0.0256. The maximum atomic E-state index is 14.6. The summed E-state index contributed by atoms with van der Waals surface area (Å²) in [6, 6.07) is 14.8. The quantitative estimate of drug-likeness (QED) is 0.168. The molecule has 0 radical (unpaired) electrons. The highest BCUT2D eigenvalue weighted by molar-refractivity contribution is 6.30. The van der Waals surface area contributed by atoms with Crippen molar-refractivity contribution >= 4 is 35.1 Å². The van der Waals surface area contributed by atoms with Gasteiger partial charge in [0.05, 0.1) is 12.2 Å². The van der Waals surface area contributed by atoms with E-state index in [1.807, 2.05) is 6.07 Å². The molecular weight excluding hydrogens is 659 g/mol. The van der Waals surface area contributed by atoms with Crippen LogP contribution >= 0.6 is 11.6 Å². The lowest BCUT2D eigenvalue weighted by Gasteiger charge is -2.41. The molecule has 5 rings (SSSR count). The second kappa shape index (κ2) is 13.8. The van der Waals surface area contributed by atoms with Crippen molar-refractivity contribution in [2.45, 2.75) is 70.9 Å². The second-order valence-electron chi connectivity index (χ2n) is 13.4. The van der Waals surface area contributed by atoms with E-state index in [9.17, 15) is 27.6 Å². The minimum atomic E-state index is -4.57. The lowest BCUT2D eigenvalue weighted by Crippen LogP contribution is -2.60. The van der Waals surface area contributed by atoms with Crippen LogP contribution in [0.15, 0.2) is 79.4 Å². The monoisotopic (exact) mass is 697 g/mol. The lowest BCUT2D eigenvalue weighted by atomic mass is 9.84. The molecule has 0 saturated heterocycles. The average molecular weight is 698 g/mol. The Morgan fingerprint density at radius 1 is 1.04 bits per heavy atom. The molecule has 12 heteroatoms. The molecule has 0 aromatic heterocycles. The van der Waals surface area contributed by atoms with E-state index in [1.165, 1.54) is 17.0 Å². The maximum Gasteiger partial charge on any atom is 0.416 e. The molecule has 3 aromatic rings. The van der Waals surface area contributed by atoms with E-state index in [-0.39, 0.29) is 31.2 Å². The highest BCUT2D eigenvalue weighted by Crippen LogP contribution is 2.46. The number of ether oxygens (including phenoxy) is 2. The van der Waals surface area contributed by atoms with Gasteiger partial charge in [-0.25, -0.2) is 4.79 Å². The van der Waals surface area contributed by atoms with E-state index < -0.39 is 52.6 Å². The zero-order chi connectivity index (χ0) is 35.7. The fourth-order valence-electron chi connectivity index (χ4n) is 6.09. The maximum absolute atomic E-state index is 14.6. The molecule has 1 aliphatic heterocycles. The molecule has 0 spiro atoms. The molecule has 0 unspecified atom stereocenters. The summed E-state index contributed by atoms with van der Waals surface area (Å²) in [5.41, 5.74) is -1.33. The Kier molecular flexibility index (Phi) is 10.1. The van der Waals surface area contributed by atoms with Gasteiger partial charge in [0.15, 0.2) is 0 Å². The van der Waals surface area contributed by atoms with Crippen LogP contribution in [0.4, 0.5) is 18.9 Å². The molecule has 8 nitrogen and oxygen atoms in total. The number of benzene rings is 3. The van der Waals surface area contributed by atoms with Crippen molar-refractivity contribution in [2.75, 3.05) is 11.9 Å². The SMILES string of the molecule is C=C[C@@H]1C[C@]1(NC(=O)[C@@H]1Cc2cc(Oc3cccc(Cl)c3)ccc2CN1C(=O)[C@@H](Nc1cccc(C(F)(F)F)c1)C(C)(C)C)C(=O)OCC. The van der Waals surface area contributed by atoms with Crippen LogP contribution in [-0.4, -0.2) is 46.9 Å². The number of alkyl halides is 3. The van der Waals surface area contributed by atoms with E-state index in [0.717, 1.165) is 23.3 Å². The molecule has 1 heterocycles. The summed E-state index contributed by atoms with van der Waals surface area (Å²) >= 11 is 6.13. The number of anilines is 1. The predicted molar refractivity (Wildman–Crippen MR) is 180 cm³/mol. The number of esters is 1. The third-order valence-corrected chi connectivity index (χ3v) is 9.06. The molecule has 1 saturated carbocycles. The van der Waals surface area contributed by atoms with Crippen molar-refractivity contribution in [1.82, 2.24) is 10.2 Å². The van der Waals surface area contributed by atoms with Crippen molar-refractivity contribution in [3.63, 3.8) is 0 Å². The lowest BCUT2D eigenvalue weighted by molar-refractivity contribution is -0.151. The second-order valence-corrected chi connectivity index (χ2v) is 13.9. The largest absolute Gasteiger partial charge is 0.464 e. The summed E-state index contributed by atoms with van der Waals surface area (Å²) in [5, 5.41) is 6.41. The number of fused-ring (bicyclic) bond motifs is 1. The van der Waals surface area contributed by atoms with Gasteiger partial charge >= 0.3 is 12.1 Å². The first-order chi connectivity index (χ1) is 23.1. The van der Waals surface area contributed by atoms with Gasteiger partial charge in [-0.2, -0.15) is 13.2 Å². The third-order valence-electron chi connectivity index (χ3n) is 8.82. The summed E-state index contributed by atoms with van der Waals surface area (Å²) in [6.07, 6.45) is -2.60. The molecule has 4 atom stereocenters. The third kappa shape index (κ3) is 7.88. The van der Waals surface area contributed by atoms with Crippen LogP contribution in [-0.2, 0) is 38.3 Å². The molecule has 2 aliphatic rings. The predicted octanol–water partition coefficient (Wildman–Crippen LogP) is 7.56. The molecule has 49 heavy (non-hydrogen) atoms. The Balaban J connectivity index is 1.50. The fraction of sp³-hybridized carbons (Fsp3) is 0.378. The van der Waals surface area contributed by atoms with Gasteiger partial charge < -0.3 is 25.0 Å². The first kappa shape index (κ1) is 35.8. The average Bonchev–Trinajstić information content (AvgIpc) is 3.76. The standard InChI is InChI=1S/C37H39ClF3N3O5/c1-6-24-20-36(24,34(47)48-7-2)43-32(45)30-17-23-16-29(49-28-13-9-11-26(38)19-28)15-14-22(23)21-44(30)33(46)31(35(3,4)5)42-27-12-8-10-25(18-27)37(39,40)41/h6,8-16,18-19,24,30-31,42H,1,7,17,20-21H2,2-5H3,(H,43,45)/t24-,30+,31-,36-/m1/s1. The molecule has 0 bridgehead atoms. The van der Waals surface area contributed by atoms with Crippen molar-refractivity contribution in [3.8, 4) is 11.5 Å². The smallest absolute Gasteiger partial charge is 0.416 e. The molecule has 2 amide bonds. The molecule has 3 aromatic carbocycles. The number of nitrogens with one attached hydrogen (secondary N) is 2. The number of rotatable bonds is 10. The van der Waals surface area contributed by atoms with Crippen LogP contribution in [0.5, 0.6) is 11.5 Å². The Labute approximate surface area is 288 Å². The normalized spacial score (nSPS) is 20.8. The van der Waals surface area contributed by atoms with Crippen LogP contribution in [0, 0.1) is 11.3 Å². The number of hydrogen-bond acceptors (Lipinski definition) is 6. The van der Waals surface area contributed by atoms with Crippen LogP contribution in [0.3, 0.4) is 0 Å². The number of amides is 2. The van der Waals surface area contributed by atoms with Crippen molar-refractivity contribution < 1.29 is 37.0 Å². The van der Waals surface area contributed by atoms with Crippen molar-refractivity contribution in [3.05, 3.63) is 101 Å². The van der Waals surface area contributed by atoms with Crippen molar-refractivity contribution in [1.29, 1.82) is 0 Å². The number of halogens is 4. The summed E-state index contributed by atoms with van der Waals surface area (Å²) in [5.74, 6) is -0.976. The molecule has 1 aliphatic carbocycles.